The van der Waals surface area contributed by atoms with E-state index in [-0.39, 0.29) is 4.90 Å². The molecule has 114 valence electrons. The molecule has 0 atom stereocenters. The lowest BCUT2D eigenvalue weighted by Gasteiger charge is -2.08. The highest BCUT2D eigenvalue weighted by Crippen LogP contribution is 2.09. The Balaban J connectivity index is 2.37. The Morgan fingerprint density at radius 1 is 1.40 bits per heavy atom. The van der Waals surface area contributed by atoms with Crippen molar-refractivity contribution in [1.29, 1.82) is 0 Å². The van der Waals surface area contributed by atoms with Crippen molar-refractivity contribution in [2.24, 2.45) is 11.8 Å². The molecule has 0 fully saturated rings. The van der Waals surface area contributed by atoms with Gasteiger partial charge in [-0.05, 0) is 24.5 Å². The summed E-state index contributed by atoms with van der Waals surface area (Å²) < 4.78 is 31.7. The molecule has 0 aliphatic heterocycles. The number of hydrogen-bond acceptors (Lipinski definition) is 6. The van der Waals surface area contributed by atoms with Gasteiger partial charge in [0.1, 0.15) is 10.7 Å². The lowest BCUT2D eigenvalue weighted by molar-refractivity contribution is 0.108. The Labute approximate surface area is 119 Å². The molecule has 0 bridgehead atoms. The first kappa shape index (κ1) is 16.8. The summed E-state index contributed by atoms with van der Waals surface area (Å²) in [4.78, 5) is 3.97. The summed E-state index contributed by atoms with van der Waals surface area (Å²) in [5.74, 6) is 6.05. The van der Waals surface area contributed by atoms with Gasteiger partial charge in [0.2, 0.25) is 10.0 Å². The third-order valence-corrected chi connectivity index (χ3v) is 3.85. The molecule has 1 aromatic rings. The Bertz CT molecular complexity index is 488. The normalized spacial score (nSPS) is 11.8. The highest BCUT2D eigenvalue weighted by Gasteiger charge is 2.13. The Morgan fingerprint density at radius 2 is 2.15 bits per heavy atom. The first-order chi connectivity index (χ1) is 9.45. The van der Waals surface area contributed by atoms with Crippen LogP contribution in [0, 0.1) is 5.92 Å². The highest BCUT2D eigenvalue weighted by atomic mass is 32.2. The van der Waals surface area contributed by atoms with Crippen LogP contribution in [-0.2, 0) is 14.8 Å². The zero-order chi connectivity index (χ0) is 15.0. The van der Waals surface area contributed by atoms with Gasteiger partial charge < -0.3 is 10.2 Å². The predicted molar refractivity (Wildman–Crippen MR) is 77.5 cm³/mol. The van der Waals surface area contributed by atoms with Crippen LogP contribution in [0.25, 0.3) is 0 Å². The van der Waals surface area contributed by atoms with E-state index >= 15 is 0 Å². The van der Waals surface area contributed by atoms with Crippen LogP contribution in [-0.4, -0.2) is 33.2 Å². The molecule has 4 N–H and O–H groups in total. The van der Waals surface area contributed by atoms with E-state index in [1.165, 1.54) is 18.3 Å². The SMILES string of the molecule is CC(C)COCCCNS(=O)(=O)c1ccc(NN)nc1. The Kier molecular flexibility index (Phi) is 6.86. The van der Waals surface area contributed by atoms with Gasteiger partial charge in [0.25, 0.3) is 0 Å². The van der Waals surface area contributed by atoms with Crippen molar-refractivity contribution < 1.29 is 13.2 Å². The van der Waals surface area contributed by atoms with Gasteiger partial charge in [-0.3, -0.25) is 0 Å². The molecular formula is C12H22N4O3S. The van der Waals surface area contributed by atoms with Crippen LogP contribution in [0.1, 0.15) is 20.3 Å². The summed E-state index contributed by atoms with van der Waals surface area (Å²) in [6, 6.07) is 2.94. The van der Waals surface area contributed by atoms with Gasteiger partial charge in [0.05, 0.1) is 0 Å². The number of pyridine rings is 1. The number of nitrogen functional groups attached to an aromatic ring is 1. The third kappa shape index (κ3) is 5.83. The molecule has 1 heterocycles. The van der Waals surface area contributed by atoms with Crippen LogP contribution in [0.3, 0.4) is 0 Å². The van der Waals surface area contributed by atoms with E-state index in [1.807, 2.05) is 0 Å². The first-order valence-corrected chi connectivity index (χ1v) is 7.94. The van der Waals surface area contributed by atoms with E-state index in [2.05, 4.69) is 29.0 Å². The molecule has 8 heteroatoms. The number of aromatic nitrogens is 1. The van der Waals surface area contributed by atoms with E-state index in [0.29, 0.717) is 37.9 Å². The van der Waals surface area contributed by atoms with Crippen LogP contribution in [0.4, 0.5) is 5.82 Å². The molecule has 0 amide bonds. The van der Waals surface area contributed by atoms with Gasteiger partial charge in [0.15, 0.2) is 0 Å². The smallest absolute Gasteiger partial charge is 0.242 e. The maximum absolute atomic E-state index is 11.9. The second-order valence-corrected chi connectivity index (χ2v) is 6.51. The van der Waals surface area contributed by atoms with Crippen molar-refractivity contribution >= 4 is 15.8 Å². The molecule has 0 radical (unpaired) electrons. The van der Waals surface area contributed by atoms with Crippen LogP contribution in [0.2, 0.25) is 0 Å². The average Bonchev–Trinajstić information content (AvgIpc) is 2.42. The van der Waals surface area contributed by atoms with E-state index in [4.69, 9.17) is 10.6 Å². The number of hydrazine groups is 1. The number of nitrogens with zero attached hydrogens (tertiary/aromatic N) is 1. The number of sulfonamides is 1. The van der Waals surface area contributed by atoms with Gasteiger partial charge in [-0.1, -0.05) is 13.8 Å². The lowest BCUT2D eigenvalue weighted by atomic mass is 10.2. The lowest BCUT2D eigenvalue weighted by Crippen LogP contribution is -2.26. The predicted octanol–water partition coefficient (Wildman–Crippen LogP) is 0.708. The molecule has 0 aliphatic rings. The Morgan fingerprint density at radius 3 is 2.70 bits per heavy atom. The van der Waals surface area contributed by atoms with Gasteiger partial charge >= 0.3 is 0 Å². The van der Waals surface area contributed by atoms with Crippen molar-refractivity contribution in [2.45, 2.75) is 25.2 Å². The number of ether oxygens (including phenoxy) is 1. The molecule has 0 spiro atoms. The molecule has 1 aromatic heterocycles. The summed E-state index contributed by atoms with van der Waals surface area (Å²) in [7, 11) is -3.53. The summed E-state index contributed by atoms with van der Waals surface area (Å²) in [5, 5.41) is 0. The van der Waals surface area contributed by atoms with Gasteiger partial charge in [0, 0.05) is 26.0 Å². The van der Waals surface area contributed by atoms with Crippen LogP contribution < -0.4 is 16.0 Å². The minimum Gasteiger partial charge on any atom is -0.381 e. The molecule has 0 unspecified atom stereocenters. The van der Waals surface area contributed by atoms with Gasteiger partial charge in [-0.15, -0.1) is 0 Å². The standard InChI is InChI=1S/C12H22N4O3S/c1-10(2)9-19-7-3-6-15-20(17,18)11-4-5-12(16-13)14-8-11/h4-5,8,10,15H,3,6-7,9,13H2,1-2H3,(H,14,16). The maximum atomic E-state index is 11.9. The molecule has 0 aromatic carbocycles. The summed E-state index contributed by atoms with van der Waals surface area (Å²) in [6.45, 7) is 5.68. The second kappa shape index (κ2) is 8.15. The molecule has 0 saturated carbocycles. The van der Waals surface area contributed by atoms with Crippen LogP contribution >= 0.6 is 0 Å². The van der Waals surface area contributed by atoms with Crippen molar-refractivity contribution in [1.82, 2.24) is 9.71 Å². The largest absolute Gasteiger partial charge is 0.381 e. The van der Waals surface area contributed by atoms with E-state index in [0.717, 1.165) is 0 Å². The summed E-state index contributed by atoms with van der Waals surface area (Å²) in [5.41, 5.74) is 2.34. The van der Waals surface area contributed by atoms with Crippen molar-refractivity contribution in [3.8, 4) is 0 Å². The van der Waals surface area contributed by atoms with Crippen molar-refractivity contribution in [3.63, 3.8) is 0 Å². The van der Waals surface area contributed by atoms with E-state index < -0.39 is 10.0 Å². The first-order valence-electron chi connectivity index (χ1n) is 6.46. The number of anilines is 1. The maximum Gasteiger partial charge on any atom is 0.242 e. The highest BCUT2D eigenvalue weighted by molar-refractivity contribution is 7.89. The minimum absolute atomic E-state index is 0.111. The molecule has 0 aliphatic carbocycles. The molecule has 1 rings (SSSR count). The van der Waals surface area contributed by atoms with Gasteiger partial charge in [-0.2, -0.15) is 0 Å². The zero-order valence-electron chi connectivity index (χ0n) is 11.8. The Hall–Kier alpha value is -1.22. The fourth-order valence-corrected chi connectivity index (χ4v) is 2.43. The molecular weight excluding hydrogens is 280 g/mol. The number of nitrogens with two attached hydrogens (primary N) is 1. The van der Waals surface area contributed by atoms with Crippen molar-refractivity contribution in [2.75, 3.05) is 25.2 Å². The zero-order valence-corrected chi connectivity index (χ0v) is 12.6. The van der Waals surface area contributed by atoms with Gasteiger partial charge in [-0.25, -0.2) is 24.0 Å². The summed E-state index contributed by atoms with van der Waals surface area (Å²) >= 11 is 0. The number of rotatable bonds is 9. The molecule has 0 saturated heterocycles. The van der Waals surface area contributed by atoms with Crippen LogP contribution in [0.15, 0.2) is 23.2 Å². The quantitative estimate of drug-likeness (QED) is 0.352. The average molecular weight is 302 g/mol. The fraction of sp³-hybridized carbons (Fsp3) is 0.583. The second-order valence-electron chi connectivity index (χ2n) is 4.74. The minimum atomic E-state index is -3.53. The third-order valence-electron chi connectivity index (χ3n) is 2.40. The van der Waals surface area contributed by atoms with Crippen molar-refractivity contribution in [3.05, 3.63) is 18.3 Å². The van der Waals surface area contributed by atoms with E-state index in [1.54, 1.807) is 0 Å². The fourth-order valence-electron chi connectivity index (χ4n) is 1.41. The monoisotopic (exact) mass is 302 g/mol. The summed E-state index contributed by atoms with van der Waals surface area (Å²) in [6.07, 6.45) is 1.88. The number of nitrogens with one attached hydrogen (secondary N) is 2. The molecule has 20 heavy (non-hydrogen) atoms. The van der Waals surface area contributed by atoms with E-state index in [9.17, 15) is 8.42 Å². The molecule has 7 nitrogen and oxygen atoms in total. The topological polar surface area (TPSA) is 106 Å². The number of hydrogen-bond donors (Lipinski definition) is 3. The van der Waals surface area contributed by atoms with Crippen LogP contribution in [0.5, 0.6) is 0 Å².